The van der Waals surface area contributed by atoms with Crippen LogP contribution in [-0.2, 0) is 19.1 Å². The number of amides is 2. The summed E-state index contributed by atoms with van der Waals surface area (Å²) in [5.41, 5.74) is 1.27. The van der Waals surface area contributed by atoms with E-state index in [0.29, 0.717) is 22.2 Å². The fourth-order valence-electron chi connectivity index (χ4n) is 2.77. The van der Waals surface area contributed by atoms with E-state index in [0.717, 1.165) is 5.56 Å². The number of benzene rings is 2. The Kier molecular flexibility index (Phi) is 6.79. The minimum absolute atomic E-state index is 0.283. The van der Waals surface area contributed by atoms with Gasteiger partial charge in [0.2, 0.25) is 12.0 Å². The lowest BCUT2D eigenvalue weighted by atomic mass is 10.2. The van der Waals surface area contributed by atoms with Crippen LogP contribution in [0.2, 0.25) is 5.02 Å². The van der Waals surface area contributed by atoms with Gasteiger partial charge in [-0.1, -0.05) is 29.8 Å². The van der Waals surface area contributed by atoms with E-state index in [1.165, 1.54) is 0 Å². The molecule has 3 rings (SSSR count). The zero-order valence-electron chi connectivity index (χ0n) is 16.4. The number of halogens is 1. The Morgan fingerprint density at radius 2 is 1.73 bits per heavy atom. The fraction of sp³-hybridized carbons (Fsp3) is 0.286. The largest absolute Gasteiger partial charge is 0.482 e. The van der Waals surface area contributed by atoms with Crippen LogP contribution >= 0.6 is 11.6 Å². The molecular formula is C21H21ClN2O6. The number of carbonyl (C=O) groups excluding carboxylic acids is 3. The lowest BCUT2D eigenvalue weighted by Gasteiger charge is -2.30. The van der Waals surface area contributed by atoms with Gasteiger partial charge in [-0.05, 0) is 43.7 Å². The molecule has 0 spiro atoms. The Labute approximate surface area is 178 Å². The smallest absolute Gasteiger partial charge is 0.351 e. The normalized spacial score (nSPS) is 17.0. The second kappa shape index (κ2) is 9.49. The molecule has 0 fully saturated rings. The van der Waals surface area contributed by atoms with E-state index in [4.69, 9.17) is 25.8 Å². The predicted molar refractivity (Wildman–Crippen MR) is 110 cm³/mol. The molecule has 8 nitrogen and oxygen atoms in total. The van der Waals surface area contributed by atoms with E-state index in [2.05, 4.69) is 10.6 Å². The van der Waals surface area contributed by atoms with Gasteiger partial charge in [-0.3, -0.25) is 9.59 Å². The van der Waals surface area contributed by atoms with Crippen molar-refractivity contribution < 1.29 is 28.6 Å². The molecule has 0 saturated heterocycles. The van der Waals surface area contributed by atoms with Crippen LogP contribution < -0.4 is 20.1 Å². The van der Waals surface area contributed by atoms with E-state index in [9.17, 15) is 14.4 Å². The highest BCUT2D eigenvalue weighted by Gasteiger charge is 2.35. The summed E-state index contributed by atoms with van der Waals surface area (Å²) in [6.45, 7) is 2.61. The van der Waals surface area contributed by atoms with E-state index in [1.807, 2.05) is 0 Å². The second-order valence-electron chi connectivity index (χ2n) is 6.65. The second-order valence-corrected chi connectivity index (χ2v) is 7.06. The number of hydrogen-bond acceptors (Lipinski definition) is 6. The van der Waals surface area contributed by atoms with Crippen LogP contribution in [0.15, 0.2) is 42.5 Å². The van der Waals surface area contributed by atoms with Crippen molar-refractivity contribution in [1.29, 1.82) is 0 Å². The molecule has 2 aromatic carbocycles. The molecule has 2 atom stereocenters. The van der Waals surface area contributed by atoms with Gasteiger partial charge in [0.05, 0.1) is 6.54 Å². The van der Waals surface area contributed by atoms with Gasteiger partial charge >= 0.3 is 5.97 Å². The van der Waals surface area contributed by atoms with Crippen molar-refractivity contribution in [2.24, 2.45) is 0 Å². The number of hydrogen-bond donors (Lipinski definition) is 2. The van der Waals surface area contributed by atoms with Gasteiger partial charge in [0.25, 0.3) is 5.91 Å². The monoisotopic (exact) mass is 432 g/mol. The quantitative estimate of drug-likeness (QED) is 0.680. The number of carbonyl (C=O) groups is 3. The first-order valence-corrected chi connectivity index (χ1v) is 9.63. The van der Waals surface area contributed by atoms with E-state index in [-0.39, 0.29) is 6.54 Å². The van der Waals surface area contributed by atoms with Gasteiger partial charge in [-0.15, -0.1) is 0 Å². The van der Waals surface area contributed by atoms with E-state index < -0.39 is 36.6 Å². The maximum Gasteiger partial charge on any atom is 0.351 e. The molecule has 2 unspecified atom stereocenters. The highest BCUT2D eigenvalue weighted by molar-refractivity contribution is 6.31. The number of anilines is 1. The number of nitrogens with one attached hydrogen (secondary N) is 2. The first-order chi connectivity index (χ1) is 14.3. The summed E-state index contributed by atoms with van der Waals surface area (Å²) in [5, 5.41) is 5.57. The van der Waals surface area contributed by atoms with Crippen LogP contribution in [0.3, 0.4) is 0 Å². The molecule has 0 aromatic heterocycles. The molecule has 2 N–H and O–H groups in total. The lowest BCUT2D eigenvalue weighted by molar-refractivity contribution is -0.160. The summed E-state index contributed by atoms with van der Waals surface area (Å²) in [5.74, 6) is -0.825. The Hall–Kier alpha value is -3.26. The van der Waals surface area contributed by atoms with Gasteiger partial charge in [-0.25, -0.2) is 4.79 Å². The zero-order chi connectivity index (χ0) is 21.7. The Morgan fingerprint density at radius 3 is 2.47 bits per heavy atom. The third-order valence-electron chi connectivity index (χ3n) is 4.41. The highest BCUT2D eigenvalue weighted by atomic mass is 35.5. The van der Waals surface area contributed by atoms with Gasteiger partial charge in [0.1, 0.15) is 6.10 Å². The van der Waals surface area contributed by atoms with Crippen LogP contribution in [0.4, 0.5) is 5.69 Å². The molecule has 158 valence electrons. The van der Waals surface area contributed by atoms with Crippen molar-refractivity contribution in [3.05, 3.63) is 53.1 Å². The number of esters is 1. The number of para-hydroxylation sites is 2. The summed E-state index contributed by atoms with van der Waals surface area (Å²) in [4.78, 5) is 36.2. The summed E-state index contributed by atoms with van der Waals surface area (Å²) in [6, 6.07) is 12.1. The molecule has 0 radical (unpaired) electrons. The average Bonchev–Trinajstić information content (AvgIpc) is 2.73. The summed E-state index contributed by atoms with van der Waals surface area (Å²) in [7, 11) is 0. The van der Waals surface area contributed by atoms with Gasteiger partial charge < -0.3 is 24.8 Å². The highest BCUT2D eigenvalue weighted by Crippen LogP contribution is 2.33. The third kappa shape index (κ3) is 5.21. The Balaban J connectivity index is 1.44. The van der Waals surface area contributed by atoms with Crippen LogP contribution in [0, 0.1) is 6.92 Å². The van der Waals surface area contributed by atoms with Crippen LogP contribution in [0.1, 0.15) is 12.5 Å². The van der Waals surface area contributed by atoms with Gasteiger partial charge in [0.15, 0.2) is 18.1 Å². The van der Waals surface area contributed by atoms with Crippen molar-refractivity contribution in [1.82, 2.24) is 5.32 Å². The molecule has 1 aliphatic rings. The molecule has 1 heterocycles. The molecule has 2 amide bonds. The Bertz CT molecular complexity index is 964. The van der Waals surface area contributed by atoms with Crippen LogP contribution in [-0.4, -0.2) is 43.1 Å². The van der Waals surface area contributed by atoms with Crippen LogP contribution in [0.5, 0.6) is 11.5 Å². The molecule has 2 aromatic rings. The number of rotatable bonds is 6. The predicted octanol–water partition coefficient (Wildman–Crippen LogP) is 2.47. The standard InChI is InChI=1S/C21H21ClN2O6/c1-12-14(22)6-5-7-15(12)24-18(25)10-23-19(26)11-28-21(27)20-13(2)29-16-8-3-4-9-17(16)30-20/h3-9,13,20H,10-11H2,1-2H3,(H,23,26)(H,24,25). The average molecular weight is 433 g/mol. The first-order valence-electron chi connectivity index (χ1n) is 9.26. The van der Waals surface area contributed by atoms with Crippen molar-refractivity contribution in [2.45, 2.75) is 26.1 Å². The molecule has 1 aliphatic heterocycles. The zero-order valence-corrected chi connectivity index (χ0v) is 17.2. The van der Waals surface area contributed by atoms with Gasteiger partial charge in [-0.2, -0.15) is 0 Å². The number of fused-ring (bicyclic) bond motifs is 1. The first kappa shape index (κ1) is 21.4. The summed E-state index contributed by atoms with van der Waals surface area (Å²) >= 11 is 6.01. The maximum atomic E-state index is 12.3. The van der Waals surface area contributed by atoms with Crippen molar-refractivity contribution >= 4 is 35.1 Å². The van der Waals surface area contributed by atoms with Crippen molar-refractivity contribution in [2.75, 3.05) is 18.5 Å². The molecular weight excluding hydrogens is 412 g/mol. The van der Waals surface area contributed by atoms with Crippen LogP contribution in [0.25, 0.3) is 0 Å². The Morgan fingerprint density at radius 1 is 1.03 bits per heavy atom. The summed E-state index contributed by atoms with van der Waals surface area (Å²) in [6.07, 6.45) is -1.58. The van der Waals surface area contributed by atoms with Gasteiger partial charge in [0, 0.05) is 10.7 Å². The molecule has 0 saturated carbocycles. The number of ether oxygens (including phenoxy) is 3. The van der Waals surface area contributed by atoms with E-state index in [1.54, 1.807) is 56.3 Å². The minimum Gasteiger partial charge on any atom is -0.482 e. The fourth-order valence-corrected chi connectivity index (χ4v) is 2.94. The van der Waals surface area contributed by atoms with Crippen molar-refractivity contribution in [3.8, 4) is 11.5 Å². The topological polar surface area (TPSA) is 103 Å². The minimum atomic E-state index is -0.998. The molecule has 0 aliphatic carbocycles. The SMILES string of the molecule is Cc1c(Cl)cccc1NC(=O)CNC(=O)COC(=O)C1Oc2ccccc2OC1C. The maximum absolute atomic E-state index is 12.3. The molecule has 9 heteroatoms. The molecule has 0 bridgehead atoms. The lowest BCUT2D eigenvalue weighted by Crippen LogP contribution is -2.45. The van der Waals surface area contributed by atoms with E-state index >= 15 is 0 Å². The molecule has 30 heavy (non-hydrogen) atoms. The third-order valence-corrected chi connectivity index (χ3v) is 4.82. The van der Waals surface area contributed by atoms with Crippen molar-refractivity contribution in [3.63, 3.8) is 0 Å². The summed E-state index contributed by atoms with van der Waals surface area (Å²) < 4.78 is 16.3.